The van der Waals surface area contributed by atoms with Crippen molar-refractivity contribution in [3.8, 4) is 0 Å². The molecule has 79 valence electrons. The van der Waals surface area contributed by atoms with Crippen LogP contribution >= 0.6 is 0 Å². The third-order valence-electron chi connectivity index (χ3n) is 2.32. The Balaban J connectivity index is 0.000000364. The van der Waals surface area contributed by atoms with E-state index in [1.807, 2.05) is 26.0 Å². The second-order valence-corrected chi connectivity index (χ2v) is 5.20. The summed E-state index contributed by atoms with van der Waals surface area (Å²) in [5.74, 6) is 0. The molecule has 14 heavy (non-hydrogen) atoms. The fraction of sp³-hybridized carbons (Fsp3) is 0.636. The number of rotatable bonds is 0. The molecule has 0 aliphatic rings. The number of nitrogens with zero attached hydrogens (tertiary/aromatic N) is 2. The Bertz CT molecular complexity index is 218. The Morgan fingerprint density at radius 3 is 1.14 bits per heavy atom. The molecular weight excluding hydrogens is 251 g/mol. The van der Waals surface area contributed by atoms with E-state index in [4.69, 9.17) is 0 Å². The molecule has 1 aromatic rings. The second-order valence-electron chi connectivity index (χ2n) is 4.10. The quantitative estimate of drug-likeness (QED) is 0.703. The van der Waals surface area contributed by atoms with Crippen LogP contribution < -0.4 is 0 Å². The minimum absolute atomic E-state index is 1.42. The first-order valence-corrected chi connectivity index (χ1v) is 5.86. The third-order valence-corrected chi connectivity index (χ3v) is 3.97. The van der Waals surface area contributed by atoms with E-state index in [0.29, 0.717) is 0 Å². The maximum atomic E-state index is 2.33. The molecule has 2 nitrogen and oxygen atoms in total. The van der Waals surface area contributed by atoms with Gasteiger partial charge in [-0.25, -0.2) is 0 Å². The topological polar surface area (TPSA) is 8.17 Å². The summed E-state index contributed by atoms with van der Waals surface area (Å²) in [5.41, 5.74) is 5.75. The standard InChI is InChI=1S/C8H12N.C3H9N.Zr/c1-5-6(2)8(4)9-7(5)3;1-4(2)3;/h1-4H3;1-3H3;/q-1;;+1. The van der Waals surface area contributed by atoms with Gasteiger partial charge in [-0.15, -0.1) is 0 Å². The molecule has 0 aliphatic heterocycles. The third kappa shape index (κ3) is 3.70. The van der Waals surface area contributed by atoms with Gasteiger partial charge >= 0.3 is 77.7 Å². The Labute approximate surface area is 104 Å². The average Bonchev–Trinajstić information content (AvgIpc) is 2.23. The molecule has 3 heteroatoms. The molecule has 0 radical (unpaired) electrons. The summed E-state index contributed by atoms with van der Waals surface area (Å²) in [7, 11) is 6.00. The Morgan fingerprint density at radius 1 is 0.857 bits per heavy atom. The zero-order valence-corrected chi connectivity index (χ0v) is 12.9. The van der Waals surface area contributed by atoms with Gasteiger partial charge in [0.15, 0.2) is 0 Å². The molecule has 0 amide bonds. The SMILES string of the molecule is CN(C)C.Cc1c(C)c(C)[n]([Zr])c1C. The molecule has 0 N–H and O–H groups in total. The van der Waals surface area contributed by atoms with Crippen molar-refractivity contribution in [1.29, 1.82) is 0 Å². The van der Waals surface area contributed by atoms with Gasteiger partial charge < -0.3 is 4.90 Å². The van der Waals surface area contributed by atoms with Gasteiger partial charge in [0.2, 0.25) is 0 Å². The van der Waals surface area contributed by atoms with Crippen molar-refractivity contribution in [3.05, 3.63) is 22.5 Å². The van der Waals surface area contributed by atoms with Gasteiger partial charge in [-0.05, 0) is 21.1 Å². The maximum absolute atomic E-state index is 2.33. The van der Waals surface area contributed by atoms with Crippen molar-refractivity contribution in [2.75, 3.05) is 21.1 Å². The van der Waals surface area contributed by atoms with Gasteiger partial charge in [0.1, 0.15) is 0 Å². The fourth-order valence-corrected chi connectivity index (χ4v) is 1.95. The summed E-state index contributed by atoms with van der Waals surface area (Å²) in [6.45, 7) is 8.75. The molecule has 0 unspecified atom stereocenters. The summed E-state index contributed by atoms with van der Waals surface area (Å²) in [4.78, 5) is 2.00. The van der Waals surface area contributed by atoms with E-state index in [1.54, 1.807) is 0 Å². The molecule has 1 heterocycles. The van der Waals surface area contributed by atoms with Crippen LogP contribution in [0, 0.1) is 27.7 Å². The molecule has 0 aromatic carbocycles. The fourth-order valence-electron chi connectivity index (χ4n) is 1.13. The first-order chi connectivity index (χ1) is 6.29. The molecule has 0 fully saturated rings. The van der Waals surface area contributed by atoms with E-state index in [9.17, 15) is 0 Å². The minimum atomic E-state index is 1.42. The van der Waals surface area contributed by atoms with Crippen LogP contribution in [0.4, 0.5) is 0 Å². The van der Waals surface area contributed by atoms with Crippen molar-refractivity contribution in [1.82, 2.24) is 7.41 Å². The second kappa shape index (κ2) is 5.87. The van der Waals surface area contributed by atoms with E-state index in [1.165, 1.54) is 47.5 Å². The van der Waals surface area contributed by atoms with E-state index in [2.05, 4.69) is 30.2 Å². The predicted molar refractivity (Wildman–Crippen MR) is 58.4 cm³/mol. The summed E-state index contributed by atoms with van der Waals surface area (Å²) < 4.78 is 2.33. The van der Waals surface area contributed by atoms with E-state index < -0.39 is 0 Å². The van der Waals surface area contributed by atoms with E-state index >= 15 is 0 Å². The first kappa shape index (κ1) is 14.1. The van der Waals surface area contributed by atoms with Gasteiger partial charge in [0, 0.05) is 0 Å². The van der Waals surface area contributed by atoms with Crippen LogP contribution in [0.5, 0.6) is 0 Å². The van der Waals surface area contributed by atoms with Gasteiger partial charge in [-0.2, -0.15) is 0 Å². The van der Waals surface area contributed by atoms with Crippen LogP contribution in [0.3, 0.4) is 0 Å². The molecule has 0 saturated heterocycles. The van der Waals surface area contributed by atoms with E-state index in [0.717, 1.165) is 0 Å². The van der Waals surface area contributed by atoms with Crippen LogP contribution in [0.1, 0.15) is 22.5 Å². The summed E-state index contributed by atoms with van der Waals surface area (Å²) in [6, 6.07) is 0. The van der Waals surface area contributed by atoms with Gasteiger partial charge in [0.25, 0.3) is 0 Å². The van der Waals surface area contributed by atoms with Crippen molar-refractivity contribution < 1.29 is 25.0 Å². The van der Waals surface area contributed by atoms with Crippen LogP contribution in [-0.4, -0.2) is 28.6 Å². The van der Waals surface area contributed by atoms with Crippen LogP contribution in [-0.2, 0) is 25.0 Å². The van der Waals surface area contributed by atoms with Crippen molar-refractivity contribution in [2.24, 2.45) is 0 Å². The zero-order chi connectivity index (χ0) is 11.5. The molecule has 0 saturated carbocycles. The van der Waals surface area contributed by atoms with Crippen LogP contribution in [0.15, 0.2) is 0 Å². The molecule has 0 bridgehead atoms. The summed E-state index contributed by atoms with van der Waals surface area (Å²) in [6.07, 6.45) is 0. The Kier molecular flexibility index (Phi) is 5.92. The molecule has 0 aliphatic carbocycles. The van der Waals surface area contributed by atoms with Crippen molar-refractivity contribution in [2.45, 2.75) is 27.7 Å². The van der Waals surface area contributed by atoms with Crippen LogP contribution in [0.2, 0.25) is 0 Å². The summed E-state index contributed by atoms with van der Waals surface area (Å²) in [5, 5.41) is 0. The van der Waals surface area contributed by atoms with Crippen molar-refractivity contribution >= 4 is 0 Å². The summed E-state index contributed by atoms with van der Waals surface area (Å²) >= 11 is 1.47. The van der Waals surface area contributed by atoms with Gasteiger partial charge in [0.05, 0.1) is 0 Å². The van der Waals surface area contributed by atoms with Gasteiger partial charge in [-0.1, -0.05) is 0 Å². The van der Waals surface area contributed by atoms with Crippen molar-refractivity contribution in [3.63, 3.8) is 0 Å². The Morgan fingerprint density at radius 2 is 1.07 bits per heavy atom. The monoisotopic (exact) mass is 271 g/mol. The number of aromatic nitrogens is 1. The first-order valence-electron chi connectivity index (χ1n) is 4.76. The normalized spacial score (nSPS) is 9.93. The van der Waals surface area contributed by atoms with Crippen LogP contribution in [0.25, 0.3) is 0 Å². The predicted octanol–water partition coefficient (Wildman–Crippen LogP) is 2.21. The Hall–Kier alpha value is 0.123. The zero-order valence-electron chi connectivity index (χ0n) is 10.4. The molecule has 0 atom stereocenters. The molecular formula is C11H21N2Zr. The van der Waals surface area contributed by atoms with Gasteiger partial charge in [-0.3, -0.25) is 0 Å². The molecule has 0 spiro atoms. The average molecular weight is 273 g/mol. The number of hydrogen-bond donors (Lipinski definition) is 0. The number of hydrogen-bond acceptors (Lipinski definition) is 1. The van der Waals surface area contributed by atoms with E-state index in [-0.39, 0.29) is 0 Å². The molecule has 1 aromatic heterocycles. The molecule has 1 rings (SSSR count).